The van der Waals surface area contributed by atoms with Crippen LogP contribution in [0.15, 0.2) is 18.5 Å². The zero-order valence-corrected chi connectivity index (χ0v) is 10.7. The molecule has 3 heterocycles. The molecule has 0 aliphatic carbocycles. The summed E-state index contributed by atoms with van der Waals surface area (Å²) >= 11 is 0. The molecule has 2 saturated heterocycles. The van der Waals surface area contributed by atoms with Gasteiger partial charge in [0.05, 0.1) is 18.4 Å². The average molecular weight is 250 g/mol. The molecular formula is C14H19FN2O. The largest absolute Gasteiger partial charge is 0.373 e. The van der Waals surface area contributed by atoms with E-state index in [0.29, 0.717) is 12.5 Å². The Balaban J connectivity index is 1.65. The molecule has 2 fully saturated rings. The van der Waals surface area contributed by atoms with Gasteiger partial charge in [-0.25, -0.2) is 4.39 Å². The normalized spacial score (nSPS) is 32.4. The Morgan fingerprint density at radius 2 is 2.50 bits per heavy atom. The Kier molecular flexibility index (Phi) is 3.08. The highest BCUT2D eigenvalue weighted by atomic mass is 19.1. The van der Waals surface area contributed by atoms with Crippen LogP contribution in [0.3, 0.4) is 0 Å². The number of nitrogens with zero attached hydrogens (tertiary/aromatic N) is 2. The third kappa shape index (κ3) is 2.27. The van der Waals surface area contributed by atoms with E-state index in [-0.39, 0.29) is 11.4 Å². The van der Waals surface area contributed by atoms with E-state index in [0.717, 1.165) is 38.1 Å². The first-order valence-electron chi connectivity index (χ1n) is 6.62. The summed E-state index contributed by atoms with van der Waals surface area (Å²) in [6, 6.07) is 1.76. The molecule has 1 aromatic rings. The highest BCUT2D eigenvalue weighted by molar-refractivity contribution is 5.13. The summed E-state index contributed by atoms with van der Waals surface area (Å²) in [6.45, 7) is 5.69. The monoisotopic (exact) mass is 250 g/mol. The molecule has 18 heavy (non-hydrogen) atoms. The van der Waals surface area contributed by atoms with Crippen molar-refractivity contribution in [1.29, 1.82) is 0 Å². The second-order valence-corrected chi connectivity index (χ2v) is 5.73. The van der Waals surface area contributed by atoms with E-state index in [2.05, 4.69) is 16.8 Å². The first kappa shape index (κ1) is 12.1. The van der Waals surface area contributed by atoms with Gasteiger partial charge in [-0.1, -0.05) is 6.92 Å². The summed E-state index contributed by atoms with van der Waals surface area (Å²) in [5.41, 5.74) is 0.774. The van der Waals surface area contributed by atoms with Crippen molar-refractivity contribution in [2.24, 2.45) is 5.92 Å². The van der Waals surface area contributed by atoms with Crippen LogP contribution < -0.4 is 0 Å². The highest BCUT2D eigenvalue weighted by Crippen LogP contribution is 2.38. The van der Waals surface area contributed by atoms with Gasteiger partial charge in [0.25, 0.3) is 0 Å². The molecule has 2 atom stereocenters. The van der Waals surface area contributed by atoms with E-state index in [9.17, 15) is 4.39 Å². The average Bonchev–Trinajstić information content (AvgIpc) is 2.90. The zero-order chi connectivity index (χ0) is 12.6. The smallest absolute Gasteiger partial charge is 0.145 e. The van der Waals surface area contributed by atoms with Crippen LogP contribution in [0.1, 0.15) is 25.3 Å². The Bertz CT molecular complexity index is 440. The van der Waals surface area contributed by atoms with Crippen molar-refractivity contribution in [3.8, 4) is 0 Å². The first-order chi connectivity index (χ1) is 8.67. The molecule has 3 nitrogen and oxygen atoms in total. The van der Waals surface area contributed by atoms with E-state index >= 15 is 0 Å². The maximum absolute atomic E-state index is 13.6. The quantitative estimate of drug-likeness (QED) is 0.804. The molecule has 0 radical (unpaired) electrons. The lowest BCUT2D eigenvalue weighted by molar-refractivity contribution is 0.0112. The first-order valence-corrected chi connectivity index (χ1v) is 6.62. The molecular weight excluding hydrogens is 231 g/mol. The van der Waals surface area contributed by atoms with E-state index < -0.39 is 0 Å². The van der Waals surface area contributed by atoms with Gasteiger partial charge < -0.3 is 4.74 Å². The van der Waals surface area contributed by atoms with E-state index in [1.54, 1.807) is 12.3 Å². The molecule has 2 aliphatic heterocycles. The van der Waals surface area contributed by atoms with Crippen molar-refractivity contribution >= 4 is 0 Å². The molecule has 4 heteroatoms. The van der Waals surface area contributed by atoms with Crippen molar-refractivity contribution < 1.29 is 9.13 Å². The zero-order valence-electron chi connectivity index (χ0n) is 10.7. The number of aromatic nitrogens is 1. The van der Waals surface area contributed by atoms with Gasteiger partial charge in [-0.15, -0.1) is 0 Å². The summed E-state index contributed by atoms with van der Waals surface area (Å²) in [5, 5.41) is 0. The molecule has 98 valence electrons. The van der Waals surface area contributed by atoms with Gasteiger partial charge in [0.1, 0.15) is 5.82 Å². The minimum Gasteiger partial charge on any atom is -0.373 e. The topological polar surface area (TPSA) is 25.4 Å². The summed E-state index contributed by atoms with van der Waals surface area (Å²) in [4.78, 5) is 6.07. The SMILES string of the molecule is CC1COC2(CCN(Cc3ccncc3F)C2)C1. The number of likely N-dealkylation sites (tertiary alicyclic amines) is 1. The number of ether oxygens (including phenoxy) is 1. The van der Waals surface area contributed by atoms with Gasteiger partial charge in [0, 0.05) is 31.4 Å². The maximum Gasteiger partial charge on any atom is 0.145 e. The minimum absolute atomic E-state index is 0.0446. The van der Waals surface area contributed by atoms with Gasteiger partial charge >= 0.3 is 0 Å². The molecule has 0 amide bonds. The van der Waals surface area contributed by atoms with Crippen LogP contribution in [-0.4, -0.2) is 35.2 Å². The summed E-state index contributed by atoms with van der Waals surface area (Å²) in [5.74, 6) is 0.446. The molecule has 2 aliphatic rings. The summed E-state index contributed by atoms with van der Waals surface area (Å²) in [6.07, 6.45) is 5.15. The standard InChI is InChI=1S/C14H19FN2O/c1-11-6-14(18-9-11)3-5-17(10-14)8-12-2-4-16-7-13(12)15/h2,4,7,11H,3,5-6,8-10H2,1H3. The van der Waals surface area contributed by atoms with Crippen molar-refractivity contribution in [2.75, 3.05) is 19.7 Å². The lowest BCUT2D eigenvalue weighted by Gasteiger charge is -2.23. The van der Waals surface area contributed by atoms with Crippen LogP contribution in [0, 0.1) is 11.7 Å². The molecule has 0 N–H and O–H groups in total. The van der Waals surface area contributed by atoms with Crippen molar-refractivity contribution in [3.63, 3.8) is 0 Å². The van der Waals surface area contributed by atoms with Gasteiger partial charge in [0.2, 0.25) is 0 Å². The van der Waals surface area contributed by atoms with Gasteiger partial charge in [0.15, 0.2) is 0 Å². The van der Waals surface area contributed by atoms with Crippen molar-refractivity contribution in [3.05, 3.63) is 29.8 Å². The molecule has 0 bridgehead atoms. The minimum atomic E-state index is -0.209. The van der Waals surface area contributed by atoms with E-state index in [1.807, 2.05) is 0 Å². The van der Waals surface area contributed by atoms with Crippen LogP contribution in [0.2, 0.25) is 0 Å². The summed E-state index contributed by atoms with van der Waals surface area (Å²) in [7, 11) is 0. The Labute approximate surface area is 107 Å². The lowest BCUT2D eigenvalue weighted by Crippen LogP contribution is -2.32. The number of rotatable bonds is 2. The van der Waals surface area contributed by atoms with E-state index in [4.69, 9.17) is 4.74 Å². The highest BCUT2D eigenvalue weighted by Gasteiger charge is 2.44. The number of hydrogen-bond donors (Lipinski definition) is 0. The molecule has 2 unspecified atom stereocenters. The van der Waals surface area contributed by atoms with Gasteiger partial charge in [-0.3, -0.25) is 9.88 Å². The molecule has 1 aromatic heterocycles. The number of pyridine rings is 1. The molecule has 3 rings (SSSR count). The second kappa shape index (κ2) is 4.59. The Hall–Kier alpha value is -1.00. The van der Waals surface area contributed by atoms with Crippen LogP contribution in [0.25, 0.3) is 0 Å². The van der Waals surface area contributed by atoms with Crippen LogP contribution >= 0.6 is 0 Å². The number of hydrogen-bond acceptors (Lipinski definition) is 3. The number of halogens is 1. The fourth-order valence-electron chi connectivity index (χ4n) is 3.19. The Morgan fingerprint density at radius 3 is 3.22 bits per heavy atom. The fraction of sp³-hybridized carbons (Fsp3) is 0.643. The molecule has 1 spiro atoms. The third-order valence-electron chi connectivity index (χ3n) is 4.04. The van der Waals surface area contributed by atoms with Crippen molar-refractivity contribution in [1.82, 2.24) is 9.88 Å². The van der Waals surface area contributed by atoms with Crippen LogP contribution in [0.4, 0.5) is 4.39 Å². The second-order valence-electron chi connectivity index (χ2n) is 5.73. The predicted molar refractivity (Wildman–Crippen MR) is 66.6 cm³/mol. The molecule has 0 aromatic carbocycles. The lowest BCUT2D eigenvalue weighted by atomic mass is 9.94. The predicted octanol–water partition coefficient (Wildman–Crippen LogP) is 2.22. The van der Waals surface area contributed by atoms with Crippen LogP contribution in [0.5, 0.6) is 0 Å². The van der Waals surface area contributed by atoms with Gasteiger partial charge in [-0.05, 0) is 24.8 Å². The van der Waals surface area contributed by atoms with Crippen molar-refractivity contribution in [2.45, 2.75) is 31.9 Å². The van der Waals surface area contributed by atoms with Crippen LogP contribution in [-0.2, 0) is 11.3 Å². The summed E-state index contributed by atoms with van der Waals surface area (Å²) < 4.78 is 19.5. The molecule has 0 saturated carbocycles. The fourth-order valence-corrected chi connectivity index (χ4v) is 3.19. The van der Waals surface area contributed by atoms with E-state index in [1.165, 1.54) is 6.20 Å². The van der Waals surface area contributed by atoms with Gasteiger partial charge in [-0.2, -0.15) is 0 Å². The maximum atomic E-state index is 13.6. The Morgan fingerprint density at radius 1 is 1.61 bits per heavy atom. The third-order valence-corrected chi connectivity index (χ3v) is 4.04.